The molecule has 1 fully saturated rings. The Kier molecular flexibility index (Phi) is 6.13. The van der Waals surface area contributed by atoms with Gasteiger partial charge in [-0.15, -0.1) is 0 Å². The van der Waals surface area contributed by atoms with Crippen molar-refractivity contribution in [3.8, 4) is 0 Å². The highest BCUT2D eigenvalue weighted by atomic mass is 16.2. The van der Waals surface area contributed by atoms with Crippen molar-refractivity contribution in [2.45, 2.75) is 58.9 Å². The van der Waals surface area contributed by atoms with Crippen molar-refractivity contribution >= 4 is 17.6 Å². The molecule has 1 aliphatic rings. The standard InChI is InChI=1S/C18H27N3O2/c1-12(2)16(21-17(22)14-7-5-4-6-8-14)18(23)20-15-10-9-13(3)11-19-15/h9-12,14,16H,4-8H2,1-3H3,(H,21,22)(H,19,20,23). The van der Waals surface area contributed by atoms with Gasteiger partial charge in [-0.3, -0.25) is 9.59 Å². The van der Waals surface area contributed by atoms with E-state index >= 15 is 0 Å². The van der Waals surface area contributed by atoms with E-state index in [0.717, 1.165) is 31.2 Å². The summed E-state index contributed by atoms with van der Waals surface area (Å²) in [5, 5.41) is 5.73. The number of amides is 2. The summed E-state index contributed by atoms with van der Waals surface area (Å²) in [6.45, 7) is 5.82. The summed E-state index contributed by atoms with van der Waals surface area (Å²) >= 11 is 0. The van der Waals surface area contributed by atoms with E-state index in [2.05, 4.69) is 15.6 Å². The number of pyridine rings is 1. The lowest BCUT2D eigenvalue weighted by Crippen LogP contribution is -2.49. The number of hydrogen-bond acceptors (Lipinski definition) is 3. The maximum atomic E-state index is 12.5. The van der Waals surface area contributed by atoms with E-state index in [-0.39, 0.29) is 23.7 Å². The van der Waals surface area contributed by atoms with Gasteiger partial charge in [0.15, 0.2) is 0 Å². The molecule has 5 nitrogen and oxygen atoms in total. The molecular weight excluding hydrogens is 290 g/mol. The minimum atomic E-state index is -0.535. The van der Waals surface area contributed by atoms with Gasteiger partial charge in [-0.2, -0.15) is 0 Å². The van der Waals surface area contributed by atoms with Gasteiger partial charge in [0.25, 0.3) is 0 Å². The van der Waals surface area contributed by atoms with E-state index in [4.69, 9.17) is 0 Å². The van der Waals surface area contributed by atoms with Crippen LogP contribution < -0.4 is 10.6 Å². The quantitative estimate of drug-likeness (QED) is 0.877. The molecule has 1 atom stereocenters. The minimum Gasteiger partial charge on any atom is -0.344 e. The molecule has 0 radical (unpaired) electrons. The maximum absolute atomic E-state index is 12.5. The normalized spacial score (nSPS) is 16.9. The largest absolute Gasteiger partial charge is 0.344 e. The first-order valence-electron chi connectivity index (χ1n) is 8.51. The van der Waals surface area contributed by atoms with Crippen LogP contribution in [0.3, 0.4) is 0 Å². The molecular formula is C18H27N3O2. The van der Waals surface area contributed by atoms with Crippen LogP contribution >= 0.6 is 0 Å². The average molecular weight is 317 g/mol. The predicted molar refractivity (Wildman–Crippen MR) is 90.9 cm³/mol. The van der Waals surface area contributed by atoms with Crippen LogP contribution in [0.4, 0.5) is 5.82 Å². The third kappa shape index (κ3) is 5.05. The van der Waals surface area contributed by atoms with Gasteiger partial charge in [-0.05, 0) is 37.3 Å². The van der Waals surface area contributed by atoms with Crippen molar-refractivity contribution in [2.75, 3.05) is 5.32 Å². The van der Waals surface area contributed by atoms with Crippen molar-refractivity contribution in [1.29, 1.82) is 0 Å². The zero-order valence-electron chi connectivity index (χ0n) is 14.3. The second-order valence-corrected chi connectivity index (χ2v) is 6.78. The number of nitrogens with zero attached hydrogens (tertiary/aromatic N) is 1. The van der Waals surface area contributed by atoms with E-state index in [1.807, 2.05) is 26.8 Å². The molecule has 2 rings (SSSR count). The Morgan fingerprint density at radius 1 is 1.17 bits per heavy atom. The van der Waals surface area contributed by atoms with E-state index in [1.54, 1.807) is 12.3 Å². The highest BCUT2D eigenvalue weighted by Gasteiger charge is 2.28. The third-order valence-corrected chi connectivity index (χ3v) is 4.39. The monoisotopic (exact) mass is 317 g/mol. The van der Waals surface area contributed by atoms with Gasteiger partial charge in [0.1, 0.15) is 11.9 Å². The average Bonchev–Trinajstić information content (AvgIpc) is 2.55. The fraction of sp³-hybridized carbons (Fsp3) is 0.611. The molecule has 0 saturated heterocycles. The molecule has 23 heavy (non-hydrogen) atoms. The first kappa shape index (κ1) is 17.4. The van der Waals surface area contributed by atoms with Gasteiger partial charge in [0.2, 0.25) is 11.8 Å². The Labute approximate surface area is 138 Å². The maximum Gasteiger partial charge on any atom is 0.248 e. The van der Waals surface area contributed by atoms with Crippen molar-refractivity contribution < 1.29 is 9.59 Å². The Balaban J connectivity index is 1.97. The van der Waals surface area contributed by atoms with Gasteiger partial charge in [-0.1, -0.05) is 39.2 Å². The fourth-order valence-corrected chi connectivity index (χ4v) is 2.92. The number of aromatic nitrogens is 1. The molecule has 0 aliphatic heterocycles. The summed E-state index contributed by atoms with van der Waals surface area (Å²) in [5.74, 6) is 0.386. The van der Waals surface area contributed by atoms with Crippen LogP contribution in [0.2, 0.25) is 0 Å². The molecule has 0 aromatic carbocycles. The van der Waals surface area contributed by atoms with Crippen molar-refractivity contribution in [3.63, 3.8) is 0 Å². The van der Waals surface area contributed by atoms with Crippen LogP contribution in [0, 0.1) is 18.8 Å². The topological polar surface area (TPSA) is 71.1 Å². The van der Waals surface area contributed by atoms with Gasteiger partial charge >= 0.3 is 0 Å². The minimum absolute atomic E-state index is 0.00964. The van der Waals surface area contributed by atoms with Crippen LogP contribution in [0.1, 0.15) is 51.5 Å². The van der Waals surface area contributed by atoms with Gasteiger partial charge in [0.05, 0.1) is 0 Å². The smallest absolute Gasteiger partial charge is 0.248 e. The lowest BCUT2D eigenvalue weighted by molar-refractivity contribution is -0.130. The summed E-state index contributed by atoms with van der Waals surface area (Å²) in [7, 11) is 0. The SMILES string of the molecule is Cc1ccc(NC(=O)C(NC(=O)C2CCCCC2)C(C)C)nc1. The van der Waals surface area contributed by atoms with E-state index < -0.39 is 6.04 Å². The van der Waals surface area contributed by atoms with Crippen LogP contribution in [-0.2, 0) is 9.59 Å². The number of anilines is 1. The number of aryl methyl sites for hydroxylation is 1. The van der Waals surface area contributed by atoms with E-state index in [0.29, 0.717) is 5.82 Å². The zero-order chi connectivity index (χ0) is 16.8. The highest BCUT2D eigenvalue weighted by molar-refractivity contribution is 5.97. The van der Waals surface area contributed by atoms with E-state index in [1.165, 1.54) is 6.42 Å². The lowest BCUT2D eigenvalue weighted by Gasteiger charge is -2.26. The predicted octanol–water partition coefficient (Wildman–Crippen LogP) is 3.05. The molecule has 1 unspecified atom stereocenters. The van der Waals surface area contributed by atoms with Crippen molar-refractivity contribution in [2.24, 2.45) is 11.8 Å². The number of carbonyl (C=O) groups is 2. The molecule has 2 amide bonds. The van der Waals surface area contributed by atoms with Crippen LogP contribution in [0.5, 0.6) is 0 Å². The first-order chi connectivity index (χ1) is 11.0. The lowest BCUT2D eigenvalue weighted by atomic mass is 9.88. The number of carbonyl (C=O) groups excluding carboxylic acids is 2. The van der Waals surface area contributed by atoms with Crippen LogP contribution in [0.15, 0.2) is 18.3 Å². The fourth-order valence-electron chi connectivity index (χ4n) is 2.92. The van der Waals surface area contributed by atoms with Crippen LogP contribution in [0.25, 0.3) is 0 Å². The molecule has 126 valence electrons. The molecule has 0 bridgehead atoms. The summed E-state index contributed by atoms with van der Waals surface area (Å²) in [4.78, 5) is 29.1. The van der Waals surface area contributed by atoms with Gasteiger partial charge in [0, 0.05) is 12.1 Å². The van der Waals surface area contributed by atoms with Crippen molar-refractivity contribution in [1.82, 2.24) is 10.3 Å². The molecule has 1 heterocycles. The molecule has 5 heteroatoms. The second kappa shape index (κ2) is 8.09. The molecule has 1 aromatic rings. The second-order valence-electron chi connectivity index (χ2n) is 6.78. The Hall–Kier alpha value is -1.91. The first-order valence-corrected chi connectivity index (χ1v) is 8.51. The zero-order valence-corrected chi connectivity index (χ0v) is 14.3. The van der Waals surface area contributed by atoms with Crippen LogP contribution in [-0.4, -0.2) is 22.8 Å². The van der Waals surface area contributed by atoms with Crippen molar-refractivity contribution in [3.05, 3.63) is 23.9 Å². The van der Waals surface area contributed by atoms with Gasteiger partial charge in [-0.25, -0.2) is 4.98 Å². The summed E-state index contributed by atoms with van der Waals surface area (Å²) in [5.41, 5.74) is 1.04. The molecule has 1 saturated carbocycles. The third-order valence-electron chi connectivity index (χ3n) is 4.39. The molecule has 0 spiro atoms. The summed E-state index contributed by atoms with van der Waals surface area (Å²) < 4.78 is 0. The molecule has 1 aliphatic carbocycles. The van der Waals surface area contributed by atoms with Gasteiger partial charge < -0.3 is 10.6 Å². The van der Waals surface area contributed by atoms with E-state index in [9.17, 15) is 9.59 Å². The number of hydrogen-bond donors (Lipinski definition) is 2. The Morgan fingerprint density at radius 2 is 1.87 bits per heavy atom. The molecule has 2 N–H and O–H groups in total. The summed E-state index contributed by atoms with van der Waals surface area (Å²) in [6, 6.07) is 3.13. The highest BCUT2D eigenvalue weighted by Crippen LogP contribution is 2.24. The Morgan fingerprint density at radius 3 is 2.43 bits per heavy atom. The number of rotatable bonds is 5. The summed E-state index contributed by atoms with van der Waals surface area (Å²) in [6.07, 6.45) is 6.97. The molecule has 1 aromatic heterocycles. The Bertz CT molecular complexity index is 534. The number of nitrogens with one attached hydrogen (secondary N) is 2.